The van der Waals surface area contributed by atoms with E-state index in [1.807, 2.05) is 0 Å². The molecule has 0 aliphatic rings. The van der Waals surface area contributed by atoms with Crippen LogP contribution in [-0.4, -0.2) is 4.89 Å². The Morgan fingerprint density at radius 2 is 1.00 bits per heavy atom. The first-order valence-electron chi connectivity index (χ1n) is 5.67. The van der Waals surface area contributed by atoms with Crippen molar-refractivity contribution in [3.63, 3.8) is 0 Å². The fraction of sp³-hybridized carbons (Fsp3) is 0. The average Bonchev–Trinajstić information content (AvgIpc) is 2.38. The van der Waals surface area contributed by atoms with Gasteiger partial charge in [0, 0.05) is 0 Å². The van der Waals surface area contributed by atoms with Crippen LogP contribution in [0.5, 0.6) is 11.5 Å². The second-order valence-electron chi connectivity index (χ2n) is 3.68. The Bertz CT molecular complexity index is 609. The number of halogens is 3. The van der Waals surface area contributed by atoms with Crippen LogP contribution in [0.4, 0.5) is 0 Å². The van der Waals surface area contributed by atoms with Gasteiger partial charge in [0.05, 0.1) is 0 Å². The molecule has 0 atom stereocenters. The largest absolute Gasteiger partial charge is 0.584 e. The number of benzene rings is 2. The van der Waals surface area contributed by atoms with Gasteiger partial charge in [-0.1, -0.05) is 36.4 Å². The lowest BCUT2D eigenvalue weighted by Gasteiger charge is -2.13. The van der Waals surface area contributed by atoms with E-state index in [1.54, 1.807) is 60.7 Å². The molecular formula is C12H11Cl3O5P2. The molecule has 2 rings (SSSR count). The Morgan fingerprint density at radius 1 is 0.727 bits per heavy atom. The van der Waals surface area contributed by atoms with Crippen LogP contribution in [0.3, 0.4) is 0 Å². The van der Waals surface area contributed by atoms with Gasteiger partial charge in [-0.05, 0) is 58.0 Å². The number of rotatable bonds is 4. The maximum Gasteiger partial charge on any atom is 0.584 e. The van der Waals surface area contributed by atoms with Crippen molar-refractivity contribution in [2.24, 2.45) is 0 Å². The highest BCUT2D eigenvalue weighted by Gasteiger charge is 2.24. The first-order chi connectivity index (χ1) is 10.2. The summed E-state index contributed by atoms with van der Waals surface area (Å²) in [4.78, 5) is 9.53. The molecule has 0 aromatic heterocycles. The third-order valence-electron chi connectivity index (χ3n) is 1.93. The van der Waals surface area contributed by atoms with Crippen molar-refractivity contribution in [2.45, 2.75) is 0 Å². The van der Waals surface area contributed by atoms with E-state index in [2.05, 4.69) is 33.7 Å². The lowest BCUT2D eigenvalue weighted by Crippen LogP contribution is -1.99. The van der Waals surface area contributed by atoms with Gasteiger partial charge in [-0.15, -0.1) is 0 Å². The SMILES string of the molecule is O=P(Cl)(Cl)Cl.O=P(O)(Oc1ccccc1)Oc1ccccc1. The van der Waals surface area contributed by atoms with Crippen LogP contribution >= 0.6 is 46.7 Å². The molecule has 0 aliphatic carbocycles. The fourth-order valence-electron chi connectivity index (χ4n) is 1.25. The van der Waals surface area contributed by atoms with E-state index < -0.39 is 13.0 Å². The van der Waals surface area contributed by atoms with E-state index in [-0.39, 0.29) is 11.5 Å². The van der Waals surface area contributed by atoms with E-state index in [0.717, 1.165) is 0 Å². The number of hydrogen-bond donors (Lipinski definition) is 1. The Hall–Kier alpha value is -0.670. The van der Waals surface area contributed by atoms with Gasteiger partial charge in [0.15, 0.2) is 0 Å². The lowest BCUT2D eigenvalue weighted by atomic mass is 10.3. The second-order valence-corrected chi connectivity index (χ2v) is 11.6. The molecule has 0 amide bonds. The van der Waals surface area contributed by atoms with Crippen LogP contribution < -0.4 is 9.05 Å². The summed E-state index contributed by atoms with van der Waals surface area (Å²) < 4.78 is 31.0. The van der Waals surface area contributed by atoms with Crippen LogP contribution in [0.25, 0.3) is 0 Å². The predicted molar refractivity (Wildman–Crippen MR) is 89.1 cm³/mol. The summed E-state index contributed by atoms with van der Waals surface area (Å²) in [5, 5.41) is -3.22. The number of phosphoric ester groups is 1. The van der Waals surface area contributed by atoms with Crippen molar-refractivity contribution in [2.75, 3.05) is 0 Å². The van der Waals surface area contributed by atoms with Crippen molar-refractivity contribution in [1.82, 2.24) is 0 Å². The van der Waals surface area contributed by atoms with E-state index >= 15 is 0 Å². The van der Waals surface area contributed by atoms with E-state index in [4.69, 9.17) is 9.05 Å². The maximum absolute atomic E-state index is 11.7. The zero-order valence-electron chi connectivity index (χ0n) is 10.9. The molecule has 10 heteroatoms. The fourth-order valence-corrected chi connectivity index (χ4v) is 2.06. The Morgan fingerprint density at radius 3 is 1.27 bits per heavy atom. The van der Waals surface area contributed by atoms with Gasteiger partial charge in [0.2, 0.25) is 0 Å². The summed E-state index contributed by atoms with van der Waals surface area (Å²) in [6, 6.07) is 16.7. The zero-order valence-corrected chi connectivity index (χ0v) is 14.9. The molecule has 0 saturated carbocycles. The van der Waals surface area contributed by atoms with Crippen molar-refractivity contribution in [1.29, 1.82) is 0 Å². The molecule has 0 radical (unpaired) electrons. The van der Waals surface area contributed by atoms with Crippen LogP contribution in [0, 0.1) is 0 Å². The van der Waals surface area contributed by atoms with E-state index in [1.165, 1.54) is 0 Å². The van der Waals surface area contributed by atoms with Gasteiger partial charge in [-0.2, -0.15) is 0 Å². The number of para-hydroxylation sites is 2. The third-order valence-corrected chi connectivity index (χ3v) is 2.81. The highest BCUT2D eigenvalue weighted by Crippen LogP contribution is 2.61. The summed E-state index contributed by atoms with van der Waals surface area (Å²) in [6.07, 6.45) is 0. The minimum Gasteiger partial charge on any atom is -0.395 e. The molecule has 0 unspecified atom stereocenters. The highest BCUT2D eigenvalue weighted by molar-refractivity contribution is 8.24. The van der Waals surface area contributed by atoms with Gasteiger partial charge in [-0.25, -0.2) is 4.57 Å². The van der Waals surface area contributed by atoms with Gasteiger partial charge < -0.3 is 9.05 Å². The predicted octanol–water partition coefficient (Wildman–Crippen LogP) is 6.06. The zero-order chi connectivity index (χ0) is 16.6. The normalized spacial score (nSPS) is 11.1. The van der Waals surface area contributed by atoms with E-state index in [9.17, 15) is 14.0 Å². The minimum absolute atomic E-state index is 0.286. The van der Waals surface area contributed by atoms with Gasteiger partial charge in [-0.3, -0.25) is 9.46 Å². The second kappa shape index (κ2) is 8.83. The van der Waals surface area contributed by atoms with Crippen LogP contribution in [0.15, 0.2) is 60.7 Å². The number of hydrogen-bond acceptors (Lipinski definition) is 4. The number of phosphoric acid groups is 1. The molecular weight excluding hydrogens is 392 g/mol. The van der Waals surface area contributed by atoms with Crippen molar-refractivity contribution in [3.8, 4) is 11.5 Å². The summed E-state index contributed by atoms with van der Waals surface area (Å²) in [6.45, 7) is 0. The van der Waals surface area contributed by atoms with Crippen molar-refractivity contribution >= 4 is 46.7 Å². The molecule has 2 aromatic carbocycles. The molecule has 0 fully saturated rings. The lowest BCUT2D eigenvalue weighted by molar-refractivity contribution is 0.291. The van der Waals surface area contributed by atoms with Gasteiger partial charge >= 0.3 is 13.0 Å². The Labute approximate surface area is 142 Å². The molecule has 120 valence electrons. The minimum atomic E-state index is -4.14. The van der Waals surface area contributed by atoms with Gasteiger partial charge in [0.1, 0.15) is 11.5 Å². The van der Waals surface area contributed by atoms with E-state index in [0.29, 0.717) is 0 Å². The molecule has 0 spiro atoms. The van der Waals surface area contributed by atoms with Gasteiger partial charge in [0.25, 0.3) is 0 Å². The summed E-state index contributed by atoms with van der Waals surface area (Å²) in [5.41, 5.74) is 0. The Balaban J connectivity index is 0.000000422. The molecule has 1 N–H and O–H groups in total. The Kier molecular flexibility index (Phi) is 7.78. The smallest absolute Gasteiger partial charge is 0.395 e. The maximum atomic E-state index is 11.7. The molecule has 0 aliphatic heterocycles. The molecule has 5 nitrogen and oxygen atoms in total. The third kappa shape index (κ3) is 10.1. The quantitative estimate of drug-likeness (QED) is 0.629. The van der Waals surface area contributed by atoms with Crippen LogP contribution in [-0.2, 0) is 9.13 Å². The summed E-state index contributed by atoms with van der Waals surface area (Å²) >= 11 is 13.8. The first-order valence-corrected chi connectivity index (χ1v) is 11.6. The summed E-state index contributed by atoms with van der Waals surface area (Å²) in [7, 11) is -4.14. The highest BCUT2D eigenvalue weighted by atomic mass is 36.0. The van der Waals surface area contributed by atoms with Crippen LogP contribution in [0.1, 0.15) is 0 Å². The molecule has 0 bridgehead atoms. The summed E-state index contributed by atoms with van der Waals surface area (Å²) in [5.74, 6) is 0.573. The monoisotopic (exact) mass is 402 g/mol. The molecule has 0 saturated heterocycles. The standard InChI is InChI=1S/C12H11O4P.Cl3OP/c13-17(14,15-11-7-3-1-4-8-11)16-12-9-5-2-6-10-12;1-5(2,3)4/h1-10H,(H,13,14);. The van der Waals surface area contributed by atoms with Crippen molar-refractivity contribution in [3.05, 3.63) is 60.7 Å². The first kappa shape index (κ1) is 19.4. The topological polar surface area (TPSA) is 72.8 Å². The van der Waals surface area contributed by atoms with Crippen LogP contribution in [0.2, 0.25) is 0 Å². The molecule has 22 heavy (non-hydrogen) atoms. The molecule has 2 aromatic rings. The molecule has 0 heterocycles. The average molecular weight is 404 g/mol. The van der Waals surface area contributed by atoms with Crippen molar-refractivity contribution < 1.29 is 23.1 Å².